The zero-order valence-corrected chi connectivity index (χ0v) is 20.0. The van der Waals surface area contributed by atoms with Crippen LogP contribution in [0.1, 0.15) is 0 Å². The van der Waals surface area contributed by atoms with Crippen molar-refractivity contribution in [3.8, 4) is 5.69 Å². The third-order valence-electron chi connectivity index (χ3n) is 4.35. The number of nitrogens with zero attached hydrogens (tertiary/aromatic N) is 1. The summed E-state index contributed by atoms with van der Waals surface area (Å²) in [6.45, 7) is 0. The van der Waals surface area contributed by atoms with Crippen LogP contribution < -0.4 is 21.3 Å². The molecule has 2 amide bonds. The summed E-state index contributed by atoms with van der Waals surface area (Å²) in [6, 6.07) is 10.0. The van der Waals surface area contributed by atoms with Crippen molar-refractivity contribution >= 4 is 78.8 Å². The van der Waals surface area contributed by atoms with Gasteiger partial charge in [0.15, 0.2) is 0 Å². The lowest BCUT2D eigenvalue weighted by molar-refractivity contribution is 0.256. The fourth-order valence-electron chi connectivity index (χ4n) is 2.94. The first-order valence-corrected chi connectivity index (χ1v) is 12.3. The molecule has 0 saturated heterocycles. The number of hydrogen-bond donors (Lipinski definition) is 3. The van der Waals surface area contributed by atoms with Gasteiger partial charge in [-0.3, -0.25) is 4.79 Å². The maximum Gasteiger partial charge on any atom is 0.333 e. The second-order valence-electron chi connectivity index (χ2n) is 6.54. The van der Waals surface area contributed by atoms with Crippen molar-refractivity contribution in [2.75, 3.05) is 5.32 Å². The highest BCUT2D eigenvalue weighted by Gasteiger charge is 2.20. The van der Waals surface area contributed by atoms with Crippen molar-refractivity contribution in [1.82, 2.24) is 14.3 Å². The summed E-state index contributed by atoms with van der Waals surface area (Å²) in [5.74, 6) is 0. The Kier molecular flexibility index (Phi) is 6.25. The lowest BCUT2D eigenvalue weighted by Crippen LogP contribution is -2.34. The van der Waals surface area contributed by atoms with E-state index in [4.69, 9.17) is 34.8 Å². The predicted octanol–water partition coefficient (Wildman–Crippen LogP) is 4.21. The highest BCUT2D eigenvalue weighted by Crippen LogP contribution is 2.26. The second kappa shape index (κ2) is 8.84. The molecule has 0 bridgehead atoms. The van der Waals surface area contributed by atoms with E-state index in [-0.39, 0.29) is 30.3 Å². The van der Waals surface area contributed by atoms with Crippen LogP contribution >= 0.6 is 46.1 Å². The monoisotopic (exact) mass is 544 g/mol. The van der Waals surface area contributed by atoms with Crippen LogP contribution in [0.5, 0.6) is 0 Å². The Morgan fingerprint density at radius 1 is 1.00 bits per heavy atom. The van der Waals surface area contributed by atoms with Gasteiger partial charge in [0.2, 0.25) is 0 Å². The largest absolute Gasteiger partial charge is 0.333 e. The summed E-state index contributed by atoms with van der Waals surface area (Å²) in [5.41, 5.74) is -0.885. The fraction of sp³-hybridized carbons (Fsp3) is 0. The zero-order chi connectivity index (χ0) is 23.9. The summed E-state index contributed by atoms with van der Waals surface area (Å²) in [4.78, 5) is 40.1. The van der Waals surface area contributed by atoms with Gasteiger partial charge in [-0.1, -0.05) is 34.8 Å². The number of carbonyl (C=O) groups excluding carboxylic acids is 1. The minimum absolute atomic E-state index is 0.0466. The number of aromatic nitrogens is 2. The van der Waals surface area contributed by atoms with E-state index in [1.807, 2.05) is 4.72 Å². The van der Waals surface area contributed by atoms with Crippen LogP contribution in [0.3, 0.4) is 0 Å². The van der Waals surface area contributed by atoms with E-state index in [9.17, 15) is 22.8 Å². The number of halogens is 3. The van der Waals surface area contributed by atoms with Crippen LogP contribution in [0, 0.1) is 0 Å². The summed E-state index contributed by atoms with van der Waals surface area (Å²) in [7, 11) is -4.12. The van der Waals surface area contributed by atoms with E-state index in [2.05, 4.69) is 10.3 Å². The van der Waals surface area contributed by atoms with Gasteiger partial charge in [-0.05, 0) is 48.5 Å². The summed E-state index contributed by atoms with van der Waals surface area (Å²) < 4.78 is 27.2. The van der Waals surface area contributed by atoms with Crippen molar-refractivity contribution in [3.63, 3.8) is 0 Å². The lowest BCUT2D eigenvalue weighted by Gasteiger charge is -2.11. The van der Waals surface area contributed by atoms with E-state index in [0.29, 0.717) is 10.5 Å². The molecule has 0 saturated carbocycles. The van der Waals surface area contributed by atoms with Crippen LogP contribution in [0.4, 0.5) is 10.5 Å². The molecule has 0 atom stereocenters. The number of hydrogen-bond acceptors (Lipinski definition) is 6. The number of nitrogens with one attached hydrogen (secondary N) is 3. The van der Waals surface area contributed by atoms with Crippen LogP contribution in [-0.2, 0) is 10.0 Å². The van der Waals surface area contributed by atoms with Gasteiger partial charge in [-0.25, -0.2) is 27.3 Å². The Hall–Kier alpha value is -2.83. The molecule has 4 rings (SSSR count). The molecular formula is C19H11Cl3N4O5S2. The summed E-state index contributed by atoms with van der Waals surface area (Å²) >= 11 is 18.7. The van der Waals surface area contributed by atoms with Crippen LogP contribution in [0.15, 0.2) is 62.3 Å². The van der Waals surface area contributed by atoms with Crippen molar-refractivity contribution in [2.24, 2.45) is 0 Å². The minimum atomic E-state index is -4.12. The number of anilines is 1. The van der Waals surface area contributed by atoms with E-state index in [1.54, 1.807) is 0 Å². The Morgan fingerprint density at radius 3 is 2.42 bits per heavy atom. The molecule has 170 valence electrons. The number of rotatable bonds is 4. The number of benzene rings is 2. The highest BCUT2D eigenvalue weighted by atomic mass is 35.5. The van der Waals surface area contributed by atoms with E-state index < -0.39 is 27.3 Å². The van der Waals surface area contributed by atoms with Crippen LogP contribution in [0.25, 0.3) is 16.6 Å². The predicted molar refractivity (Wildman–Crippen MR) is 129 cm³/mol. The van der Waals surface area contributed by atoms with E-state index >= 15 is 0 Å². The lowest BCUT2D eigenvalue weighted by atomic mass is 10.2. The molecule has 33 heavy (non-hydrogen) atoms. The molecule has 4 aromatic rings. The smallest absolute Gasteiger partial charge is 0.307 e. The zero-order valence-electron chi connectivity index (χ0n) is 16.1. The molecule has 2 heterocycles. The molecule has 0 aliphatic rings. The first kappa shape index (κ1) is 23.3. The highest BCUT2D eigenvalue weighted by molar-refractivity contribution is 7.92. The molecule has 0 unspecified atom stereocenters. The van der Waals surface area contributed by atoms with Crippen LogP contribution in [-0.4, -0.2) is 24.0 Å². The number of aromatic amines is 1. The molecule has 0 aliphatic carbocycles. The van der Waals surface area contributed by atoms with Crippen molar-refractivity contribution in [1.29, 1.82) is 0 Å². The topological polar surface area (TPSA) is 130 Å². The number of carbonyl (C=O) groups is 1. The standard InChI is InChI=1S/C19H11Cl3N4O5S2/c20-9-1-3-13-11(7-9)17(27)26(19(29)24-13)14-4-2-10(8-12(14)21)23-18(28)25-33(30,31)16-6-5-15(22)32-16/h1-8H,(H,24,29)(H2,23,25,28). The van der Waals surface area contributed by atoms with Gasteiger partial charge < -0.3 is 10.3 Å². The van der Waals surface area contributed by atoms with Gasteiger partial charge in [-0.2, -0.15) is 0 Å². The van der Waals surface area contributed by atoms with Gasteiger partial charge in [0, 0.05) is 10.7 Å². The summed E-state index contributed by atoms with van der Waals surface area (Å²) in [6.07, 6.45) is 0. The van der Waals surface area contributed by atoms with E-state index in [0.717, 1.165) is 15.9 Å². The molecule has 0 fully saturated rings. The number of sulfonamides is 1. The molecule has 9 nitrogen and oxygen atoms in total. The number of fused-ring (bicyclic) bond motifs is 1. The number of H-pyrrole nitrogens is 1. The number of amides is 2. The van der Waals surface area contributed by atoms with Gasteiger partial charge in [0.25, 0.3) is 15.6 Å². The maximum absolute atomic E-state index is 12.9. The van der Waals surface area contributed by atoms with Gasteiger partial charge >= 0.3 is 11.7 Å². The Labute approximate surface area is 204 Å². The minimum Gasteiger partial charge on any atom is -0.307 e. The molecule has 3 N–H and O–H groups in total. The van der Waals surface area contributed by atoms with Gasteiger partial charge in [0.1, 0.15) is 4.21 Å². The quantitative estimate of drug-likeness (QED) is 0.354. The molecule has 14 heteroatoms. The number of urea groups is 1. The molecular weight excluding hydrogens is 535 g/mol. The third-order valence-corrected chi connectivity index (χ3v) is 7.94. The molecule has 0 spiro atoms. The van der Waals surface area contributed by atoms with E-state index in [1.165, 1.54) is 48.5 Å². The fourth-order valence-corrected chi connectivity index (χ4v) is 5.77. The number of thiophene rings is 1. The van der Waals surface area contributed by atoms with Crippen LogP contribution in [0.2, 0.25) is 14.4 Å². The molecule has 2 aromatic heterocycles. The van der Waals surface area contributed by atoms with Gasteiger partial charge in [0.05, 0.1) is 25.9 Å². The second-order valence-corrected chi connectivity index (χ2v) is 11.0. The Morgan fingerprint density at radius 2 is 1.76 bits per heavy atom. The van der Waals surface area contributed by atoms with Crippen molar-refractivity contribution < 1.29 is 13.2 Å². The maximum atomic E-state index is 12.9. The summed E-state index contributed by atoms with van der Waals surface area (Å²) in [5, 5.41) is 2.77. The molecule has 0 aliphatic heterocycles. The first-order valence-electron chi connectivity index (χ1n) is 8.89. The van der Waals surface area contributed by atoms with Crippen molar-refractivity contribution in [2.45, 2.75) is 4.21 Å². The Balaban J connectivity index is 1.62. The normalized spacial score (nSPS) is 11.5. The average Bonchev–Trinajstić information content (AvgIpc) is 3.17. The van der Waals surface area contributed by atoms with Crippen molar-refractivity contribution in [3.05, 3.63) is 83.8 Å². The SMILES string of the molecule is O=C(Nc1ccc(-n2c(=O)[nH]c3ccc(Cl)cc3c2=O)c(Cl)c1)NS(=O)(=O)c1ccc(Cl)s1. The molecule has 0 radical (unpaired) electrons. The molecule has 2 aromatic carbocycles. The van der Waals surface area contributed by atoms with Gasteiger partial charge in [-0.15, -0.1) is 11.3 Å². The Bertz CT molecular complexity index is 1640. The average molecular weight is 546 g/mol. The first-order chi connectivity index (χ1) is 15.5. The third kappa shape index (κ3) is 4.77.